The summed E-state index contributed by atoms with van der Waals surface area (Å²) in [5.74, 6) is 0. The summed E-state index contributed by atoms with van der Waals surface area (Å²) in [5.41, 5.74) is 0. The first-order chi connectivity index (χ1) is 8.35. The smallest absolute Gasteiger partial charge is 0.419 e. The predicted octanol–water partition coefficient (Wildman–Crippen LogP) is 3.96. The first-order valence-electron chi connectivity index (χ1n) is 6.99. The van der Waals surface area contributed by atoms with Gasteiger partial charge < -0.3 is 9.47 Å². The molecule has 3 nitrogen and oxygen atoms in total. The van der Waals surface area contributed by atoms with Gasteiger partial charge in [-0.05, 0) is 6.42 Å². The van der Waals surface area contributed by atoms with Gasteiger partial charge >= 0.3 is 6.47 Å². The van der Waals surface area contributed by atoms with Crippen molar-refractivity contribution in [2.45, 2.75) is 77.9 Å². The van der Waals surface area contributed by atoms with Crippen LogP contribution in [0.3, 0.4) is 0 Å². The Balaban J connectivity index is 3.14. The predicted molar refractivity (Wildman–Crippen MR) is 69.4 cm³/mol. The van der Waals surface area contributed by atoms with E-state index in [2.05, 4.69) is 11.7 Å². The molecule has 101 valence electrons. The molecule has 3 heteroatoms. The summed E-state index contributed by atoms with van der Waals surface area (Å²) in [6.07, 6.45) is 10.5. The highest BCUT2D eigenvalue weighted by Crippen LogP contribution is 2.09. The van der Waals surface area contributed by atoms with Gasteiger partial charge in [-0.25, -0.2) is 4.79 Å². The third-order valence-electron chi connectivity index (χ3n) is 2.81. The summed E-state index contributed by atoms with van der Waals surface area (Å²) in [7, 11) is 0. The first kappa shape index (κ1) is 16.4. The van der Waals surface area contributed by atoms with Crippen LogP contribution in [0.4, 0.5) is 0 Å². The van der Waals surface area contributed by atoms with Crippen molar-refractivity contribution in [3.05, 3.63) is 0 Å². The minimum atomic E-state index is -0.406. The molecule has 0 spiro atoms. The number of unbranched alkanes of at least 4 members (excludes halogenated alkanes) is 7. The molecule has 0 aromatic rings. The zero-order chi connectivity index (χ0) is 12.8. The molecule has 0 aromatic carbocycles. The van der Waals surface area contributed by atoms with E-state index in [1.165, 1.54) is 51.4 Å². The fourth-order valence-electron chi connectivity index (χ4n) is 1.74. The summed E-state index contributed by atoms with van der Waals surface area (Å²) in [5, 5.41) is 0. The first-order valence-corrected chi connectivity index (χ1v) is 6.99. The minimum Gasteiger partial charge on any atom is -0.427 e. The molecule has 0 heterocycles. The Morgan fingerprint density at radius 3 is 2.06 bits per heavy atom. The van der Waals surface area contributed by atoms with Gasteiger partial charge in [0.15, 0.2) is 0 Å². The van der Waals surface area contributed by atoms with Gasteiger partial charge in [0.25, 0.3) is 0 Å². The molecule has 1 atom stereocenters. The van der Waals surface area contributed by atoms with E-state index in [-0.39, 0.29) is 0 Å². The van der Waals surface area contributed by atoms with Gasteiger partial charge in [-0.15, -0.1) is 0 Å². The monoisotopic (exact) mass is 243 g/mol. The molecule has 0 amide bonds. The van der Waals surface area contributed by atoms with Gasteiger partial charge in [-0.2, -0.15) is 0 Å². The maximum absolute atomic E-state index is 10.0. The van der Waals surface area contributed by atoms with E-state index in [0.29, 0.717) is 13.0 Å². The molecule has 0 aliphatic carbocycles. The average molecular weight is 243 g/mol. The summed E-state index contributed by atoms with van der Waals surface area (Å²) in [4.78, 5) is 10.0. The van der Waals surface area contributed by atoms with Crippen molar-refractivity contribution >= 4 is 6.47 Å². The number of ether oxygens (including phenoxy) is 2. The number of hydrogen-bond donors (Lipinski definition) is 0. The molecular weight excluding hydrogens is 216 g/mol. The molecule has 1 unspecified atom stereocenters. The highest BCUT2D eigenvalue weighted by Gasteiger charge is 2.05. The van der Waals surface area contributed by atoms with Crippen LogP contribution in [0.15, 0.2) is 0 Å². The molecule has 1 radical (unpaired) electrons. The Kier molecular flexibility index (Phi) is 13.0. The highest BCUT2D eigenvalue weighted by atomic mass is 16.7. The zero-order valence-corrected chi connectivity index (χ0v) is 11.4. The van der Waals surface area contributed by atoms with E-state index < -0.39 is 6.29 Å². The van der Waals surface area contributed by atoms with E-state index in [0.717, 1.165) is 6.42 Å². The molecule has 0 rings (SSSR count). The Labute approximate surface area is 106 Å². The number of rotatable bonds is 13. The van der Waals surface area contributed by atoms with E-state index in [1.54, 1.807) is 0 Å². The van der Waals surface area contributed by atoms with Gasteiger partial charge in [0.05, 0.1) is 6.61 Å². The second-order valence-corrected chi connectivity index (χ2v) is 4.38. The minimum absolute atomic E-state index is 0.406. The van der Waals surface area contributed by atoms with E-state index in [1.807, 2.05) is 6.92 Å². The van der Waals surface area contributed by atoms with Crippen molar-refractivity contribution in [1.82, 2.24) is 0 Å². The standard InChI is InChI=1S/C14H27O3/c1-3-5-6-7-8-9-10-11-12-16-14(4-2)17-13-15/h14H,3-12H2,1-2H3. The van der Waals surface area contributed by atoms with Crippen LogP contribution in [0.25, 0.3) is 0 Å². The van der Waals surface area contributed by atoms with Gasteiger partial charge in [0, 0.05) is 6.42 Å². The molecule has 0 N–H and O–H groups in total. The summed E-state index contributed by atoms with van der Waals surface area (Å²) < 4.78 is 10.0. The van der Waals surface area contributed by atoms with Crippen LogP contribution < -0.4 is 0 Å². The molecule has 0 aromatic heterocycles. The molecule has 17 heavy (non-hydrogen) atoms. The fourth-order valence-corrected chi connectivity index (χ4v) is 1.74. The average Bonchev–Trinajstić information content (AvgIpc) is 2.35. The van der Waals surface area contributed by atoms with Crippen molar-refractivity contribution in [3.63, 3.8) is 0 Å². The van der Waals surface area contributed by atoms with Crippen LogP contribution in [-0.4, -0.2) is 19.4 Å². The summed E-state index contributed by atoms with van der Waals surface area (Å²) in [6.45, 7) is 6.26. The quantitative estimate of drug-likeness (QED) is 0.363. The van der Waals surface area contributed by atoms with Crippen molar-refractivity contribution in [3.8, 4) is 0 Å². The topological polar surface area (TPSA) is 35.5 Å². The largest absolute Gasteiger partial charge is 0.427 e. The van der Waals surface area contributed by atoms with Crippen LogP contribution >= 0.6 is 0 Å². The molecule has 0 fully saturated rings. The third kappa shape index (κ3) is 11.7. The Morgan fingerprint density at radius 1 is 0.941 bits per heavy atom. The van der Waals surface area contributed by atoms with Crippen LogP contribution in [0.1, 0.15) is 71.6 Å². The lowest BCUT2D eigenvalue weighted by Crippen LogP contribution is -2.15. The molecule has 0 saturated heterocycles. The zero-order valence-electron chi connectivity index (χ0n) is 11.4. The van der Waals surface area contributed by atoms with Crippen molar-refractivity contribution < 1.29 is 14.3 Å². The van der Waals surface area contributed by atoms with Gasteiger partial charge in [-0.1, -0.05) is 58.8 Å². The summed E-state index contributed by atoms with van der Waals surface area (Å²) in [6, 6.07) is 0. The lowest BCUT2D eigenvalue weighted by atomic mass is 10.1. The van der Waals surface area contributed by atoms with Crippen LogP contribution in [-0.2, 0) is 14.3 Å². The Morgan fingerprint density at radius 2 is 1.53 bits per heavy atom. The maximum atomic E-state index is 10.0. The molecule has 0 saturated carbocycles. The van der Waals surface area contributed by atoms with Crippen LogP contribution in [0.2, 0.25) is 0 Å². The molecule has 0 aliphatic heterocycles. The Hall–Kier alpha value is -0.570. The van der Waals surface area contributed by atoms with Gasteiger partial charge in [0.2, 0.25) is 6.29 Å². The van der Waals surface area contributed by atoms with Crippen LogP contribution in [0.5, 0.6) is 0 Å². The number of carbonyl (C=O) groups excluding carboxylic acids is 1. The van der Waals surface area contributed by atoms with Crippen molar-refractivity contribution in [2.75, 3.05) is 6.61 Å². The second kappa shape index (κ2) is 13.5. The summed E-state index contributed by atoms with van der Waals surface area (Å²) >= 11 is 0. The normalized spacial score (nSPS) is 12.4. The van der Waals surface area contributed by atoms with E-state index >= 15 is 0 Å². The lowest BCUT2D eigenvalue weighted by Gasteiger charge is -2.12. The van der Waals surface area contributed by atoms with E-state index in [9.17, 15) is 4.79 Å². The van der Waals surface area contributed by atoms with Crippen molar-refractivity contribution in [2.24, 2.45) is 0 Å². The SMILES string of the molecule is CCCCCCCCCCOC(CC)O[C]=O. The molecule has 0 bridgehead atoms. The Bertz CT molecular complexity index is 160. The number of hydrogen-bond acceptors (Lipinski definition) is 3. The van der Waals surface area contributed by atoms with Crippen LogP contribution in [0, 0.1) is 0 Å². The van der Waals surface area contributed by atoms with Crippen molar-refractivity contribution in [1.29, 1.82) is 0 Å². The maximum Gasteiger partial charge on any atom is 0.419 e. The third-order valence-corrected chi connectivity index (χ3v) is 2.81. The molecule has 0 aliphatic rings. The molecular formula is C14H27O3. The fraction of sp³-hybridized carbons (Fsp3) is 0.929. The lowest BCUT2D eigenvalue weighted by molar-refractivity contribution is -0.0914. The highest BCUT2D eigenvalue weighted by molar-refractivity contribution is 5.38. The second-order valence-electron chi connectivity index (χ2n) is 4.38. The van der Waals surface area contributed by atoms with Gasteiger partial charge in [0.1, 0.15) is 0 Å². The van der Waals surface area contributed by atoms with E-state index in [4.69, 9.17) is 4.74 Å². The van der Waals surface area contributed by atoms with Gasteiger partial charge in [-0.3, -0.25) is 0 Å².